The van der Waals surface area contributed by atoms with Crippen molar-refractivity contribution in [3.8, 4) is 0 Å². The number of nitrogens with one attached hydrogen (secondary N) is 1. The van der Waals surface area contributed by atoms with E-state index in [4.69, 9.17) is 5.11 Å². The number of hydrogen-bond donors (Lipinski definition) is 2. The van der Waals surface area contributed by atoms with Crippen molar-refractivity contribution in [1.82, 2.24) is 0 Å². The summed E-state index contributed by atoms with van der Waals surface area (Å²) in [5.74, 6) is -0.587. The number of hydrogen-bond acceptors (Lipinski definition) is 2. The summed E-state index contributed by atoms with van der Waals surface area (Å²) in [6, 6.07) is 12.1. The molecule has 0 spiro atoms. The highest BCUT2D eigenvalue weighted by Gasteiger charge is 2.14. The molecule has 0 aliphatic heterocycles. The van der Waals surface area contributed by atoms with Crippen molar-refractivity contribution in [1.29, 1.82) is 0 Å². The van der Waals surface area contributed by atoms with Gasteiger partial charge in [-0.1, -0.05) is 39.8 Å². The Kier molecular flexibility index (Phi) is 5.39. The molecule has 0 atom stereocenters. The molecule has 0 heterocycles. The highest BCUT2D eigenvalue weighted by atomic mass is 16.4. The van der Waals surface area contributed by atoms with Crippen molar-refractivity contribution in [2.75, 3.05) is 5.32 Å². The Labute approximate surface area is 142 Å². The smallest absolute Gasteiger partial charge is 0.335 e. The molecule has 0 aromatic heterocycles. The zero-order valence-electron chi connectivity index (χ0n) is 14.5. The number of carboxylic acid groups (broad SMARTS) is 1. The normalized spacial score (nSPS) is 10.9. The lowest BCUT2D eigenvalue weighted by molar-refractivity contribution is 0.0696. The van der Waals surface area contributed by atoms with E-state index in [1.165, 1.54) is 24.3 Å². The first-order chi connectivity index (χ1) is 11.3. The number of carbonyl (C=O) groups excluding carboxylic acids is 1. The topological polar surface area (TPSA) is 66.4 Å². The maximum absolute atomic E-state index is 12.5. The van der Waals surface area contributed by atoms with E-state index in [9.17, 15) is 9.59 Å². The second-order valence-corrected chi connectivity index (χ2v) is 6.49. The molecular weight excluding hydrogens is 302 g/mol. The molecule has 0 bridgehead atoms. The summed E-state index contributed by atoms with van der Waals surface area (Å²) < 4.78 is 0. The van der Waals surface area contributed by atoms with Crippen LogP contribution in [0.3, 0.4) is 0 Å². The zero-order valence-corrected chi connectivity index (χ0v) is 14.5. The van der Waals surface area contributed by atoms with E-state index in [1.54, 1.807) is 0 Å². The molecule has 4 nitrogen and oxygen atoms in total. The van der Waals surface area contributed by atoms with Gasteiger partial charge in [0.1, 0.15) is 0 Å². The number of carbonyl (C=O) groups is 2. The molecule has 0 saturated heterocycles. The third kappa shape index (κ3) is 4.02. The summed E-state index contributed by atoms with van der Waals surface area (Å²) in [4.78, 5) is 23.4. The number of anilines is 1. The molecule has 0 saturated carbocycles. The minimum Gasteiger partial charge on any atom is -0.478 e. The lowest BCUT2D eigenvalue weighted by atomic mass is 9.95. The third-order valence-electron chi connectivity index (χ3n) is 4.01. The predicted octanol–water partition coefficient (Wildman–Crippen LogP) is 4.88. The lowest BCUT2D eigenvalue weighted by Gasteiger charge is -2.17. The summed E-state index contributed by atoms with van der Waals surface area (Å²) >= 11 is 0. The van der Waals surface area contributed by atoms with Crippen molar-refractivity contribution in [2.24, 2.45) is 0 Å². The van der Waals surface area contributed by atoms with Gasteiger partial charge in [0.05, 0.1) is 5.56 Å². The number of amides is 1. The molecule has 4 heteroatoms. The molecule has 2 rings (SSSR count). The van der Waals surface area contributed by atoms with Crippen LogP contribution in [0.4, 0.5) is 5.69 Å². The highest BCUT2D eigenvalue weighted by Crippen LogP contribution is 2.28. The van der Waals surface area contributed by atoms with Crippen LogP contribution < -0.4 is 5.32 Å². The van der Waals surface area contributed by atoms with Crippen LogP contribution in [-0.2, 0) is 0 Å². The van der Waals surface area contributed by atoms with Gasteiger partial charge in [-0.05, 0) is 53.3 Å². The fourth-order valence-corrected chi connectivity index (χ4v) is 2.50. The average Bonchev–Trinajstić information content (AvgIpc) is 2.54. The zero-order chi connectivity index (χ0) is 17.9. The van der Waals surface area contributed by atoms with E-state index in [-0.39, 0.29) is 17.4 Å². The van der Waals surface area contributed by atoms with Gasteiger partial charge in [0.2, 0.25) is 0 Å². The second-order valence-electron chi connectivity index (χ2n) is 6.49. The predicted molar refractivity (Wildman–Crippen MR) is 96.0 cm³/mol. The van der Waals surface area contributed by atoms with Gasteiger partial charge in [-0.15, -0.1) is 0 Å². The molecule has 1 amide bonds. The molecule has 2 aromatic rings. The number of carboxylic acids is 1. The molecule has 0 unspecified atom stereocenters. The van der Waals surface area contributed by atoms with Gasteiger partial charge < -0.3 is 10.4 Å². The van der Waals surface area contributed by atoms with E-state index >= 15 is 0 Å². The van der Waals surface area contributed by atoms with E-state index in [2.05, 4.69) is 45.1 Å². The first-order valence-electron chi connectivity index (χ1n) is 8.08. The van der Waals surface area contributed by atoms with Crippen LogP contribution in [-0.4, -0.2) is 17.0 Å². The Hall–Kier alpha value is -2.62. The van der Waals surface area contributed by atoms with Crippen molar-refractivity contribution >= 4 is 17.6 Å². The fourth-order valence-electron chi connectivity index (χ4n) is 2.50. The molecule has 0 aliphatic rings. The Balaban J connectivity index is 2.29. The van der Waals surface area contributed by atoms with Crippen LogP contribution in [0.15, 0.2) is 42.5 Å². The summed E-state index contributed by atoms with van der Waals surface area (Å²) in [5.41, 5.74) is 3.65. The Morgan fingerprint density at radius 1 is 0.875 bits per heavy atom. The van der Waals surface area contributed by atoms with Gasteiger partial charge in [-0.2, -0.15) is 0 Å². The molecule has 2 N–H and O–H groups in total. The van der Waals surface area contributed by atoms with Gasteiger partial charge in [0.25, 0.3) is 5.91 Å². The maximum atomic E-state index is 12.5. The van der Waals surface area contributed by atoms with Gasteiger partial charge in [-0.3, -0.25) is 4.79 Å². The highest BCUT2D eigenvalue weighted by molar-refractivity contribution is 6.05. The maximum Gasteiger partial charge on any atom is 0.335 e. The van der Waals surface area contributed by atoms with Crippen LogP contribution in [0.2, 0.25) is 0 Å². The minimum absolute atomic E-state index is 0.163. The Morgan fingerprint density at radius 3 is 1.96 bits per heavy atom. The van der Waals surface area contributed by atoms with Crippen LogP contribution in [0.1, 0.15) is 71.4 Å². The average molecular weight is 325 g/mol. The van der Waals surface area contributed by atoms with Crippen molar-refractivity contribution < 1.29 is 14.7 Å². The SMILES string of the molecule is CC(C)c1ccc(C(C)C)c(NC(=O)c2ccc(C(=O)O)cc2)c1. The van der Waals surface area contributed by atoms with Crippen LogP contribution in [0, 0.1) is 0 Å². The quantitative estimate of drug-likeness (QED) is 0.823. The molecular formula is C20H23NO3. The monoisotopic (exact) mass is 325 g/mol. The van der Waals surface area contributed by atoms with Crippen molar-refractivity contribution in [3.05, 3.63) is 64.7 Å². The van der Waals surface area contributed by atoms with E-state index in [1.807, 2.05) is 6.07 Å². The van der Waals surface area contributed by atoms with Gasteiger partial charge in [-0.25, -0.2) is 4.79 Å². The largest absolute Gasteiger partial charge is 0.478 e. The molecule has 0 aliphatic carbocycles. The second kappa shape index (κ2) is 7.30. The van der Waals surface area contributed by atoms with E-state index < -0.39 is 5.97 Å². The molecule has 24 heavy (non-hydrogen) atoms. The Morgan fingerprint density at radius 2 is 1.46 bits per heavy atom. The number of aromatic carboxylic acids is 1. The molecule has 126 valence electrons. The summed E-state index contributed by atoms with van der Waals surface area (Å²) in [6.45, 7) is 8.39. The van der Waals surface area contributed by atoms with Crippen LogP contribution in [0.25, 0.3) is 0 Å². The lowest BCUT2D eigenvalue weighted by Crippen LogP contribution is -2.14. The van der Waals surface area contributed by atoms with Crippen molar-refractivity contribution in [3.63, 3.8) is 0 Å². The Bertz CT molecular complexity index is 746. The summed E-state index contributed by atoms with van der Waals surface area (Å²) in [6.07, 6.45) is 0. The standard InChI is InChI=1S/C20H23NO3/c1-12(2)16-9-10-17(13(3)4)18(11-16)21-19(22)14-5-7-15(8-6-14)20(23)24/h5-13H,1-4H3,(H,21,22)(H,23,24). The van der Waals surface area contributed by atoms with Gasteiger partial charge in [0, 0.05) is 11.3 Å². The van der Waals surface area contributed by atoms with Gasteiger partial charge >= 0.3 is 5.97 Å². The van der Waals surface area contributed by atoms with E-state index in [0.717, 1.165) is 16.8 Å². The fraction of sp³-hybridized carbons (Fsp3) is 0.300. The first-order valence-corrected chi connectivity index (χ1v) is 8.08. The van der Waals surface area contributed by atoms with E-state index in [0.29, 0.717) is 11.5 Å². The third-order valence-corrected chi connectivity index (χ3v) is 4.01. The number of benzene rings is 2. The van der Waals surface area contributed by atoms with Crippen LogP contribution in [0.5, 0.6) is 0 Å². The minimum atomic E-state index is -1.01. The molecule has 0 radical (unpaired) electrons. The summed E-state index contributed by atoms with van der Waals surface area (Å²) in [7, 11) is 0. The number of rotatable bonds is 5. The van der Waals surface area contributed by atoms with Crippen LogP contribution >= 0.6 is 0 Å². The molecule has 0 fully saturated rings. The summed E-state index contributed by atoms with van der Waals surface area (Å²) in [5, 5.41) is 11.9. The van der Waals surface area contributed by atoms with Gasteiger partial charge in [0.15, 0.2) is 0 Å². The first kappa shape index (κ1) is 17.7. The molecule has 2 aromatic carbocycles. The van der Waals surface area contributed by atoms with Crippen molar-refractivity contribution in [2.45, 2.75) is 39.5 Å².